The smallest absolute Gasteiger partial charge is 0.500 e. The van der Waals surface area contributed by atoms with Crippen LogP contribution in [0, 0.1) is 0 Å². The third kappa shape index (κ3) is 2.68. The monoisotopic (exact) mass is 280 g/mol. The van der Waals surface area contributed by atoms with E-state index < -0.39 is 8.80 Å². The minimum Gasteiger partial charge on any atom is -0.500 e. The van der Waals surface area contributed by atoms with Gasteiger partial charge in [0.05, 0.1) is 7.11 Å². The molecular formula is C14H20O4Si. The fourth-order valence-corrected chi connectivity index (χ4v) is 3.14. The van der Waals surface area contributed by atoms with Gasteiger partial charge in [-0.05, 0) is 42.7 Å². The fourth-order valence-electron chi connectivity index (χ4n) is 2.15. The Morgan fingerprint density at radius 2 is 1.79 bits per heavy atom. The molecule has 5 heteroatoms. The highest BCUT2D eigenvalue weighted by Gasteiger charge is 2.37. The lowest BCUT2D eigenvalue weighted by Gasteiger charge is -2.24. The largest absolute Gasteiger partial charge is 0.562 e. The summed E-state index contributed by atoms with van der Waals surface area (Å²) in [5.74, 6) is 1.75. The molecule has 0 unspecified atom stereocenters. The first-order valence-corrected chi connectivity index (χ1v) is 8.42. The summed E-state index contributed by atoms with van der Waals surface area (Å²) in [6, 6.07) is 6.02. The molecule has 0 spiro atoms. The maximum atomic E-state index is 6.04. The Morgan fingerprint density at radius 3 is 2.37 bits per heavy atom. The molecule has 1 aliphatic rings. The highest BCUT2D eigenvalue weighted by Crippen LogP contribution is 2.37. The Labute approximate surface area is 115 Å². The second kappa shape index (κ2) is 5.36. The van der Waals surface area contributed by atoms with Gasteiger partial charge < -0.3 is 18.0 Å². The summed E-state index contributed by atoms with van der Waals surface area (Å²) in [6.07, 6.45) is 0.875. The summed E-state index contributed by atoms with van der Waals surface area (Å²) in [4.78, 5) is 0. The van der Waals surface area contributed by atoms with E-state index in [0.717, 1.165) is 23.5 Å². The van der Waals surface area contributed by atoms with Gasteiger partial charge in [-0.25, -0.2) is 0 Å². The molecule has 1 aromatic carbocycles. The average molecular weight is 280 g/mol. The van der Waals surface area contributed by atoms with Crippen molar-refractivity contribution in [2.75, 3.05) is 21.3 Å². The van der Waals surface area contributed by atoms with Gasteiger partial charge in [0.15, 0.2) is 0 Å². The Kier molecular flexibility index (Phi) is 3.98. The van der Waals surface area contributed by atoms with E-state index in [1.165, 1.54) is 11.1 Å². The van der Waals surface area contributed by atoms with Crippen LogP contribution in [0.5, 0.6) is 5.75 Å². The normalized spacial score (nSPS) is 14.6. The third-order valence-electron chi connectivity index (χ3n) is 3.43. The topological polar surface area (TPSA) is 36.9 Å². The Bertz CT molecular complexity index is 506. The zero-order chi connectivity index (χ0) is 14.0. The first-order chi connectivity index (χ1) is 9.03. The van der Waals surface area contributed by atoms with E-state index >= 15 is 0 Å². The van der Waals surface area contributed by atoms with Crippen molar-refractivity contribution < 1.29 is 18.0 Å². The van der Waals surface area contributed by atoms with Crippen LogP contribution in [-0.4, -0.2) is 30.1 Å². The van der Waals surface area contributed by atoms with E-state index in [0.29, 0.717) is 0 Å². The second-order valence-corrected chi connectivity index (χ2v) is 7.43. The minimum absolute atomic E-state index is 0.867. The number of fused-ring (bicyclic) bond motifs is 1. The van der Waals surface area contributed by atoms with Crippen molar-refractivity contribution in [1.82, 2.24) is 0 Å². The molecular weight excluding hydrogens is 260 g/mol. The highest BCUT2D eigenvalue weighted by molar-refractivity contribution is 6.60. The summed E-state index contributed by atoms with van der Waals surface area (Å²) in [5.41, 5.74) is 3.51. The standard InChI is InChI=1S/C14H20O4Si/c1-10-8-11-9-12(15-2)6-7-13(11)14(10)18-19(5,16-3)17-4/h6-7,9H,8H2,1-5H3. The molecule has 19 heavy (non-hydrogen) atoms. The molecule has 0 saturated heterocycles. The molecule has 0 radical (unpaired) electrons. The predicted octanol–water partition coefficient (Wildman–Crippen LogP) is 2.86. The van der Waals surface area contributed by atoms with Crippen LogP contribution in [0.3, 0.4) is 0 Å². The van der Waals surface area contributed by atoms with Crippen molar-refractivity contribution in [1.29, 1.82) is 0 Å². The van der Waals surface area contributed by atoms with Gasteiger partial charge in [0.1, 0.15) is 11.5 Å². The molecule has 0 heterocycles. The molecule has 4 nitrogen and oxygen atoms in total. The van der Waals surface area contributed by atoms with Crippen LogP contribution in [0.1, 0.15) is 18.1 Å². The lowest BCUT2D eigenvalue weighted by atomic mass is 10.1. The van der Waals surface area contributed by atoms with E-state index in [1.807, 2.05) is 24.7 Å². The SMILES string of the molecule is COc1ccc2c(c1)CC(C)=C2O[Si](C)(OC)OC. The van der Waals surface area contributed by atoms with E-state index in [2.05, 4.69) is 6.92 Å². The maximum absolute atomic E-state index is 6.04. The second-order valence-electron chi connectivity index (χ2n) is 4.68. The first-order valence-electron chi connectivity index (χ1n) is 6.19. The average Bonchev–Trinajstić information content (AvgIpc) is 2.73. The quantitative estimate of drug-likeness (QED) is 0.777. The van der Waals surface area contributed by atoms with Crippen molar-refractivity contribution in [2.45, 2.75) is 19.9 Å². The van der Waals surface area contributed by atoms with Crippen molar-refractivity contribution in [2.24, 2.45) is 0 Å². The summed E-state index contributed by atoms with van der Waals surface area (Å²) in [7, 11) is 2.33. The molecule has 0 aromatic heterocycles. The fraction of sp³-hybridized carbons (Fsp3) is 0.429. The van der Waals surface area contributed by atoms with Gasteiger partial charge in [0, 0.05) is 26.3 Å². The predicted molar refractivity (Wildman–Crippen MR) is 76.0 cm³/mol. The van der Waals surface area contributed by atoms with Crippen LogP contribution in [0.15, 0.2) is 23.8 Å². The van der Waals surface area contributed by atoms with Gasteiger partial charge in [0.2, 0.25) is 0 Å². The molecule has 1 aromatic rings. The number of rotatable bonds is 5. The van der Waals surface area contributed by atoms with Crippen molar-refractivity contribution >= 4 is 14.6 Å². The van der Waals surface area contributed by atoms with Crippen LogP contribution in [0.4, 0.5) is 0 Å². The molecule has 0 N–H and O–H groups in total. The molecule has 0 atom stereocenters. The van der Waals surface area contributed by atoms with Crippen LogP contribution in [0.2, 0.25) is 6.55 Å². The number of benzene rings is 1. The molecule has 0 fully saturated rings. The van der Waals surface area contributed by atoms with Gasteiger partial charge >= 0.3 is 8.80 Å². The van der Waals surface area contributed by atoms with E-state index in [4.69, 9.17) is 18.0 Å². The first kappa shape index (κ1) is 14.1. The van der Waals surface area contributed by atoms with E-state index in [-0.39, 0.29) is 0 Å². The number of allylic oxidation sites excluding steroid dienone is 1. The van der Waals surface area contributed by atoms with Crippen LogP contribution in [0.25, 0.3) is 5.76 Å². The number of hydrogen-bond donors (Lipinski definition) is 0. The Balaban J connectivity index is 2.31. The molecule has 2 rings (SSSR count). The molecule has 0 aliphatic heterocycles. The van der Waals surface area contributed by atoms with E-state index in [1.54, 1.807) is 21.3 Å². The van der Waals surface area contributed by atoms with Gasteiger partial charge in [-0.2, -0.15) is 0 Å². The molecule has 1 aliphatic carbocycles. The molecule has 0 bridgehead atoms. The van der Waals surface area contributed by atoms with Gasteiger partial charge in [-0.1, -0.05) is 0 Å². The molecule has 104 valence electrons. The van der Waals surface area contributed by atoms with Gasteiger partial charge in [-0.15, -0.1) is 0 Å². The van der Waals surface area contributed by atoms with E-state index in [9.17, 15) is 0 Å². The Hall–Kier alpha value is -1.30. The lowest BCUT2D eigenvalue weighted by Crippen LogP contribution is -2.39. The number of hydrogen-bond acceptors (Lipinski definition) is 4. The highest BCUT2D eigenvalue weighted by atomic mass is 28.4. The Morgan fingerprint density at radius 1 is 1.11 bits per heavy atom. The van der Waals surface area contributed by atoms with Crippen molar-refractivity contribution in [3.8, 4) is 5.75 Å². The third-order valence-corrected chi connectivity index (χ3v) is 5.49. The van der Waals surface area contributed by atoms with Gasteiger partial charge in [-0.3, -0.25) is 0 Å². The summed E-state index contributed by atoms with van der Waals surface area (Å²) in [6.45, 7) is 3.96. The van der Waals surface area contributed by atoms with Crippen LogP contribution in [-0.2, 0) is 19.7 Å². The van der Waals surface area contributed by atoms with Crippen LogP contribution < -0.4 is 4.74 Å². The zero-order valence-electron chi connectivity index (χ0n) is 12.1. The summed E-state index contributed by atoms with van der Waals surface area (Å²) in [5, 5.41) is 0. The maximum Gasteiger partial charge on any atom is 0.562 e. The van der Waals surface area contributed by atoms with Crippen LogP contribution >= 0.6 is 0 Å². The van der Waals surface area contributed by atoms with Gasteiger partial charge in [0.25, 0.3) is 0 Å². The van der Waals surface area contributed by atoms with Crippen molar-refractivity contribution in [3.63, 3.8) is 0 Å². The lowest BCUT2D eigenvalue weighted by molar-refractivity contribution is 0.157. The summed E-state index contributed by atoms with van der Waals surface area (Å²) >= 11 is 0. The zero-order valence-corrected chi connectivity index (χ0v) is 13.1. The van der Waals surface area contributed by atoms with Crippen molar-refractivity contribution in [3.05, 3.63) is 34.9 Å². The number of ether oxygens (including phenoxy) is 1. The summed E-state index contributed by atoms with van der Waals surface area (Å²) < 4.78 is 22.1. The molecule has 0 saturated carbocycles. The number of methoxy groups -OCH3 is 1. The minimum atomic E-state index is -2.58. The molecule has 0 amide bonds.